The molecule has 4 nitrogen and oxygen atoms in total. The number of piperidine rings is 1. The highest BCUT2D eigenvalue weighted by atomic mass is 16.1. The molecule has 0 atom stereocenters. The highest BCUT2D eigenvalue weighted by Gasteiger charge is 2.21. The van der Waals surface area contributed by atoms with Gasteiger partial charge < -0.3 is 16.0 Å². The summed E-state index contributed by atoms with van der Waals surface area (Å²) in [5.41, 5.74) is 9.26. The lowest BCUT2D eigenvalue weighted by atomic mass is 10.0. The molecule has 1 fully saturated rings. The SMILES string of the molecule is CC(=O)NC1CCN(c2c(C)cccc2N)CC1. The third-order valence-corrected chi connectivity index (χ3v) is 3.49. The van der Waals surface area contributed by atoms with Crippen molar-refractivity contribution in [3.05, 3.63) is 23.8 Å². The number of amides is 1. The van der Waals surface area contributed by atoms with Crippen LogP contribution in [0.2, 0.25) is 0 Å². The molecule has 18 heavy (non-hydrogen) atoms. The molecule has 0 saturated carbocycles. The average molecular weight is 247 g/mol. The zero-order chi connectivity index (χ0) is 13.1. The Morgan fingerprint density at radius 3 is 2.61 bits per heavy atom. The zero-order valence-electron chi connectivity index (χ0n) is 11.1. The first kappa shape index (κ1) is 12.7. The minimum Gasteiger partial charge on any atom is -0.397 e. The number of rotatable bonds is 2. The molecule has 98 valence electrons. The number of nitrogen functional groups attached to an aromatic ring is 1. The number of para-hydroxylation sites is 1. The van der Waals surface area contributed by atoms with E-state index in [1.54, 1.807) is 6.92 Å². The van der Waals surface area contributed by atoms with Crippen LogP contribution < -0.4 is 16.0 Å². The number of carbonyl (C=O) groups excluding carboxylic acids is 1. The third kappa shape index (κ3) is 2.75. The molecule has 4 heteroatoms. The van der Waals surface area contributed by atoms with Crippen LogP contribution >= 0.6 is 0 Å². The Labute approximate surface area is 108 Å². The Morgan fingerprint density at radius 2 is 2.06 bits per heavy atom. The molecule has 3 N–H and O–H groups in total. The Bertz CT molecular complexity index is 416. The fraction of sp³-hybridized carbons (Fsp3) is 0.500. The van der Waals surface area contributed by atoms with E-state index in [1.165, 1.54) is 5.56 Å². The molecule has 1 aliphatic rings. The summed E-state index contributed by atoms with van der Waals surface area (Å²) >= 11 is 0. The van der Waals surface area contributed by atoms with Crippen molar-refractivity contribution in [1.82, 2.24) is 5.32 Å². The number of carbonyl (C=O) groups is 1. The van der Waals surface area contributed by atoms with E-state index in [0.717, 1.165) is 37.3 Å². The van der Waals surface area contributed by atoms with Crippen molar-refractivity contribution in [2.45, 2.75) is 32.7 Å². The van der Waals surface area contributed by atoms with Crippen molar-refractivity contribution in [1.29, 1.82) is 0 Å². The first-order valence-corrected chi connectivity index (χ1v) is 6.45. The third-order valence-electron chi connectivity index (χ3n) is 3.49. The molecule has 1 aliphatic heterocycles. The minimum atomic E-state index is 0.0591. The van der Waals surface area contributed by atoms with Crippen molar-refractivity contribution in [2.24, 2.45) is 0 Å². The van der Waals surface area contributed by atoms with Gasteiger partial charge in [0.25, 0.3) is 0 Å². The van der Waals surface area contributed by atoms with Crippen LogP contribution in [0.3, 0.4) is 0 Å². The fourth-order valence-corrected chi connectivity index (χ4v) is 2.65. The van der Waals surface area contributed by atoms with Crippen LogP contribution in [0, 0.1) is 6.92 Å². The Hall–Kier alpha value is -1.71. The summed E-state index contributed by atoms with van der Waals surface area (Å²) in [5, 5.41) is 2.99. The Balaban J connectivity index is 2.03. The largest absolute Gasteiger partial charge is 0.397 e. The highest BCUT2D eigenvalue weighted by molar-refractivity contribution is 5.73. The standard InChI is InChI=1S/C14H21N3O/c1-10-4-3-5-13(15)14(10)17-8-6-12(7-9-17)16-11(2)18/h3-5,12H,6-9,15H2,1-2H3,(H,16,18). The molecule has 1 aromatic carbocycles. The molecule has 0 spiro atoms. The van der Waals surface area contributed by atoms with Crippen LogP contribution in [-0.2, 0) is 4.79 Å². The van der Waals surface area contributed by atoms with Gasteiger partial charge in [-0.2, -0.15) is 0 Å². The molecule has 1 heterocycles. The molecule has 0 radical (unpaired) electrons. The zero-order valence-corrected chi connectivity index (χ0v) is 11.1. The van der Waals surface area contributed by atoms with E-state index in [9.17, 15) is 4.79 Å². The quantitative estimate of drug-likeness (QED) is 0.782. The Morgan fingerprint density at radius 1 is 1.39 bits per heavy atom. The smallest absolute Gasteiger partial charge is 0.217 e. The second-order valence-corrected chi connectivity index (χ2v) is 4.97. The molecule has 0 aromatic heterocycles. The van der Waals surface area contributed by atoms with Crippen LogP contribution in [0.15, 0.2) is 18.2 Å². The summed E-state index contributed by atoms with van der Waals surface area (Å²) in [6.07, 6.45) is 1.96. The molecule has 0 unspecified atom stereocenters. The molecule has 1 amide bonds. The lowest BCUT2D eigenvalue weighted by molar-refractivity contribution is -0.119. The molecule has 1 saturated heterocycles. The van der Waals surface area contributed by atoms with Gasteiger partial charge in [-0.15, -0.1) is 0 Å². The number of hydrogen-bond acceptors (Lipinski definition) is 3. The summed E-state index contributed by atoms with van der Waals surface area (Å²) in [6.45, 7) is 5.55. The summed E-state index contributed by atoms with van der Waals surface area (Å²) in [6, 6.07) is 6.33. The number of nitrogens with one attached hydrogen (secondary N) is 1. The second-order valence-electron chi connectivity index (χ2n) is 4.97. The maximum absolute atomic E-state index is 11.0. The summed E-state index contributed by atoms with van der Waals surface area (Å²) in [7, 11) is 0. The maximum Gasteiger partial charge on any atom is 0.217 e. The van der Waals surface area contributed by atoms with Gasteiger partial charge in [0.15, 0.2) is 0 Å². The van der Waals surface area contributed by atoms with E-state index < -0.39 is 0 Å². The van der Waals surface area contributed by atoms with E-state index in [2.05, 4.69) is 23.2 Å². The van der Waals surface area contributed by atoms with Gasteiger partial charge in [-0.1, -0.05) is 12.1 Å². The first-order chi connectivity index (χ1) is 8.58. The van der Waals surface area contributed by atoms with Crippen molar-refractivity contribution >= 4 is 17.3 Å². The molecular formula is C14H21N3O. The number of anilines is 2. The fourth-order valence-electron chi connectivity index (χ4n) is 2.65. The van der Waals surface area contributed by atoms with Gasteiger partial charge in [0.05, 0.1) is 11.4 Å². The van der Waals surface area contributed by atoms with Gasteiger partial charge in [-0.25, -0.2) is 0 Å². The van der Waals surface area contributed by atoms with Gasteiger partial charge >= 0.3 is 0 Å². The molecule has 0 bridgehead atoms. The average Bonchev–Trinajstić information content (AvgIpc) is 2.30. The predicted octanol–water partition coefficient (Wildman–Crippen LogP) is 1.68. The second kappa shape index (κ2) is 5.29. The molecule has 1 aromatic rings. The normalized spacial score (nSPS) is 16.7. The first-order valence-electron chi connectivity index (χ1n) is 6.45. The van der Waals surface area contributed by atoms with E-state index in [1.807, 2.05) is 12.1 Å². The number of benzene rings is 1. The molecular weight excluding hydrogens is 226 g/mol. The van der Waals surface area contributed by atoms with Gasteiger partial charge in [-0.3, -0.25) is 4.79 Å². The van der Waals surface area contributed by atoms with E-state index >= 15 is 0 Å². The van der Waals surface area contributed by atoms with E-state index in [0.29, 0.717) is 6.04 Å². The molecule has 2 rings (SSSR count). The monoisotopic (exact) mass is 247 g/mol. The predicted molar refractivity (Wildman–Crippen MR) is 74.6 cm³/mol. The lowest BCUT2D eigenvalue weighted by Gasteiger charge is -2.35. The maximum atomic E-state index is 11.0. The highest BCUT2D eigenvalue weighted by Crippen LogP contribution is 2.29. The topological polar surface area (TPSA) is 58.4 Å². The minimum absolute atomic E-state index is 0.0591. The van der Waals surface area contributed by atoms with Crippen molar-refractivity contribution < 1.29 is 4.79 Å². The van der Waals surface area contributed by atoms with Crippen LogP contribution in [0.4, 0.5) is 11.4 Å². The van der Waals surface area contributed by atoms with E-state index in [4.69, 9.17) is 5.73 Å². The van der Waals surface area contributed by atoms with Crippen molar-refractivity contribution in [3.63, 3.8) is 0 Å². The summed E-state index contributed by atoms with van der Waals surface area (Å²) in [5.74, 6) is 0.0591. The Kier molecular flexibility index (Phi) is 3.75. The van der Waals surface area contributed by atoms with Gasteiger partial charge in [0, 0.05) is 26.1 Å². The van der Waals surface area contributed by atoms with Crippen LogP contribution in [0.1, 0.15) is 25.3 Å². The van der Waals surface area contributed by atoms with Crippen LogP contribution in [-0.4, -0.2) is 25.0 Å². The number of nitrogens with zero attached hydrogens (tertiary/aromatic N) is 1. The van der Waals surface area contributed by atoms with Crippen LogP contribution in [0.25, 0.3) is 0 Å². The van der Waals surface area contributed by atoms with Crippen molar-refractivity contribution in [3.8, 4) is 0 Å². The van der Waals surface area contributed by atoms with Gasteiger partial charge in [0.1, 0.15) is 0 Å². The number of aryl methyl sites for hydroxylation is 1. The number of hydrogen-bond donors (Lipinski definition) is 2. The van der Waals surface area contributed by atoms with Gasteiger partial charge in [0.2, 0.25) is 5.91 Å². The molecule has 0 aliphatic carbocycles. The van der Waals surface area contributed by atoms with Crippen molar-refractivity contribution in [2.75, 3.05) is 23.7 Å². The number of nitrogens with two attached hydrogens (primary N) is 1. The van der Waals surface area contributed by atoms with E-state index in [-0.39, 0.29) is 5.91 Å². The van der Waals surface area contributed by atoms with Gasteiger partial charge in [-0.05, 0) is 31.4 Å². The lowest BCUT2D eigenvalue weighted by Crippen LogP contribution is -2.44. The summed E-state index contributed by atoms with van der Waals surface area (Å²) in [4.78, 5) is 13.3. The van der Waals surface area contributed by atoms with Crippen LogP contribution in [0.5, 0.6) is 0 Å². The summed E-state index contributed by atoms with van der Waals surface area (Å²) < 4.78 is 0.